The number of fused-ring (bicyclic) bond motifs is 1. The second kappa shape index (κ2) is 11.4. The minimum absolute atomic E-state index is 0.0968. The Kier molecular flexibility index (Phi) is 8.55. The Morgan fingerprint density at radius 3 is 2.67 bits per heavy atom. The SMILES string of the molecule is CCC(O)N(C(=O)CN1Cc2cc(OCC(N)=O)ccc2NC1=NC1CCCCC1)C(C)C. The fraction of sp³-hybridized carbons (Fsp3) is 0.625. The molecule has 0 saturated heterocycles. The lowest BCUT2D eigenvalue weighted by atomic mass is 9.96. The van der Waals surface area contributed by atoms with Crippen molar-refractivity contribution in [1.82, 2.24) is 9.80 Å². The van der Waals surface area contributed by atoms with E-state index in [1.165, 1.54) is 24.2 Å². The van der Waals surface area contributed by atoms with Crippen molar-refractivity contribution in [2.75, 3.05) is 18.5 Å². The van der Waals surface area contributed by atoms with Crippen molar-refractivity contribution in [3.05, 3.63) is 23.8 Å². The molecule has 2 amide bonds. The summed E-state index contributed by atoms with van der Waals surface area (Å²) in [5.41, 5.74) is 7.02. The number of aliphatic imine (C=N–C) groups is 1. The van der Waals surface area contributed by atoms with E-state index in [-0.39, 0.29) is 31.1 Å². The van der Waals surface area contributed by atoms with Gasteiger partial charge in [0.2, 0.25) is 5.91 Å². The first-order chi connectivity index (χ1) is 15.8. The molecule has 3 rings (SSSR count). The third-order valence-corrected chi connectivity index (χ3v) is 6.10. The highest BCUT2D eigenvalue weighted by atomic mass is 16.5. The standard InChI is InChI=1S/C24H37N5O4/c1-4-22(31)29(16(2)3)23(32)14-28-13-17-12-19(33-15-21(25)30)10-11-20(17)27-24(28)26-18-8-6-5-7-9-18/h10-12,16,18,22,31H,4-9,13-15H2,1-3H3,(H2,25,30)(H,26,27). The summed E-state index contributed by atoms with van der Waals surface area (Å²) >= 11 is 0. The normalized spacial score (nSPS) is 18.6. The molecule has 0 bridgehead atoms. The predicted octanol–water partition coefficient (Wildman–Crippen LogP) is 2.43. The van der Waals surface area contributed by atoms with E-state index in [1.54, 1.807) is 6.07 Å². The molecular formula is C24H37N5O4. The number of primary amides is 1. The summed E-state index contributed by atoms with van der Waals surface area (Å²) in [5, 5.41) is 13.8. The molecule has 1 heterocycles. The Bertz CT molecular complexity index is 866. The van der Waals surface area contributed by atoms with Gasteiger partial charge in [-0.1, -0.05) is 26.2 Å². The summed E-state index contributed by atoms with van der Waals surface area (Å²) in [6, 6.07) is 5.64. The number of carbonyl (C=O) groups is 2. The van der Waals surface area contributed by atoms with Crippen LogP contribution >= 0.6 is 0 Å². The maximum Gasteiger partial charge on any atom is 0.255 e. The summed E-state index contributed by atoms with van der Waals surface area (Å²) in [6.45, 7) is 6.03. The summed E-state index contributed by atoms with van der Waals surface area (Å²) in [5.74, 6) is 0.534. The molecule has 1 aliphatic carbocycles. The Morgan fingerprint density at radius 1 is 1.30 bits per heavy atom. The monoisotopic (exact) mass is 459 g/mol. The lowest BCUT2D eigenvalue weighted by Gasteiger charge is -2.37. The van der Waals surface area contributed by atoms with Crippen molar-refractivity contribution >= 4 is 23.5 Å². The van der Waals surface area contributed by atoms with Gasteiger partial charge in [0, 0.05) is 18.3 Å². The van der Waals surface area contributed by atoms with Gasteiger partial charge in [0.1, 0.15) is 18.5 Å². The van der Waals surface area contributed by atoms with E-state index < -0.39 is 12.1 Å². The third-order valence-electron chi connectivity index (χ3n) is 6.10. The van der Waals surface area contributed by atoms with Crippen molar-refractivity contribution < 1.29 is 19.4 Å². The zero-order valence-corrected chi connectivity index (χ0v) is 19.9. The van der Waals surface area contributed by atoms with E-state index in [0.717, 1.165) is 24.1 Å². The number of aliphatic hydroxyl groups is 1. The van der Waals surface area contributed by atoms with Crippen LogP contribution in [0.25, 0.3) is 0 Å². The van der Waals surface area contributed by atoms with E-state index in [9.17, 15) is 14.7 Å². The number of anilines is 1. The molecule has 1 fully saturated rings. The van der Waals surface area contributed by atoms with Crippen molar-refractivity contribution in [1.29, 1.82) is 0 Å². The van der Waals surface area contributed by atoms with Gasteiger partial charge in [-0.15, -0.1) is 0 Å². The molecule has 1 unspecified atom stereocenters. The molecule has 0 aromatic heterocycles. The zero-order chi connectivity index (χ0) is 24.0. The molecule has 0 spiro atoms. The second-order valence-electron chi connectivity index (χ2n) is 9.08. The first kappa shape index (κ1) is 24.8. The number of rotatable bonds is 9. The fourth-order valence-corrected chi connectivity index (χ4v) is 4.41. The highest BCUT2D eigenvalue weighted by Crippen LogP contribution is 2.29. The van der Waals surface area contributed by atoms with Crippen LogP contribution in [0.3, 0.4) is 0 Å². The van der Waals surface area contributed by atoms with E-state index in [0.29, 0.717) is 24.7 Å². The number of amides is 2. The van der Waals surface area contributed by atoms with Gasteiger partial charge < -0.3 is 30.7 Å². The molecule has 9 nitrogen and oxygen atoms in total. The summed E-state index contributed by atoms with van der Waals surface area (Å²) in [4.78, 5) is 32.7. The average Bonchev–Trinajstić information content (AvgIpc) is 2.78. The average molecular weight is 460 g/mol. The predicted molar refractivity (Wildman–Crippen MR) is 128 cm³/mol. The summed E-state index contributed by atoms with van der Waals surface area (Å²) in [6.07, 6.45) is 5.32. The Balaban J connectivity index is 1.85. The topological polar surface area (TPSA) is 120 Å². The van der Waals surface area contributed by atoms with Crippen molar-refractivity contribution in [2.45, 2.75) is 84.2 Å². The van der Waals surface area contributed by atoms with E-state index >= 15 is 0 Å². The lowest BCUT2D eigenvalue weighted by Crippen LogP contribution is -2.51. The van der Waals surface area contributed by atoms with E-state index in [1.807, 2.05) is 37.8 Å². The van der Waals surface area contributed by atoms with Gasteiger partial charge in [0.25, 0.3) is 5.91 Å². The van der Waals surface area contributed by atoms with Crippen molar-refractivity contribution in [3.63, 3.8) is 0 Å². The number of nitrogens with two attached hydrogens (primary N) is 1. The van der Waals surface area contributed by atoms with Gasteiger partial charge in [-0.25, -0.2) is 4.99 Å². The lowest BCUT2D eigenvalue weighted by molar-refractivity contribution is -0.145. The first-order valence-electron chi connectivity index (χ1n) is 11.9. The number of carbonyl (C=O) groups excluding carboxylic acids is 2. The molecule has 9 heteroatoms. The zero-order valence-electron chi connectivity index (χ0n) is 19.9. The number of ether oxygens (including phenoxy) is 1. The van der Waals surface area contributed by atoms with Crippen LogP contribution in [0, 0.1) is 0 Å². The van der Waals surface area contributed by atoms with Crippen LogP contribution < -0.4 is 15.8 Å². The molecule has 1 aliphatic heterocycles. The van der Waals surface area contributed by atoms with Gasteiger partial charge >= 0.3 is 0 Å². The molecule has 33 heavy (non-hydrogen) atoms. The van der Waals surface area contributed by atoms with E-state index in [2.05, 4.69) is 5.32 Å². The number of aliphatic hydroxyl groups excluding tert-OH is 1. The number of hydrogen-bond acceptors (Lipinski definition) is 5. The number of nitrogens with zero attached hydrogens (tertiary/aromatic N) is 3. The Hall–Kier alpha value is -2.81. The molecule has 4 N–H and O–H groups in total. The molecule has 0 radical (unpaired) electrons. The number of guanidine groups is 1. The van der Waals surface area contributed by atoms with Gasteiger partial charge in [-0.2, -0.15) is 0 Å². The van der Waals surface area contributed by atoms with E-state index in [4.69, 9.17) is 15.5 Å². The molecule has 1 saturated carbocycles. The summed E-state index contributed by atoms with van der Waals surface area (Å²) < 4.78 is 5.45. The number of hydrogen-bond donors (Lipinski definition) is 3. The molecule has 1 atom stereocenters. The van der Waals surface area contributed by atoms with Gasteiger partial charge in [-0.3, -0.25) is 9.59 Å². The van der Waals surface area contributed by atoms with Crippen LogP contribution in [-0.4, -0.2) is 64.1 Å². The highest BCUT2D eigenvalue weighted by Gasteiger charge is 2.29. The highest BCUT2D eigenvalue weighted by molar-refractivity contribution is 5.98. The maximum atomic E-state index is 13.2. The molecule has 182 valence electrons. The van der Waals surface area contributed by atoms with Crippen LogP contribution in [0.15, 0.2) is 23.2 Å². The summed E-state index contributed by atoms with van der Waals surface area (Å²) in [7, 11) is 0. The van der Waals surface area contributed by atoms with Crippen LogP contribution in [0.4, 0.5) is 5.69 Å². The van der Waals surface area contributed by atoms with Crippen LogP contribution in [0.5, 0.6) is 5.75 Å². The third kappa shape index (κ3) is 6.60. The van der Waals surface area contributed by atoms with Crippen LogP contribution in [0.1, 0.15) is 64.9 Å². The smallest absolute Gasteiger partial charge is 0.255 e. The van der Waals surface area contributed by atoms with Crippen LogP contribution in [0.2, 0.25) is 0 Å². The first-order valence-corrected chi connectivity index (χ1v) is 11.9. The minimum atomic E-state index is -0.824. The molecule has 2 aliphatic rings. The Morgan fingerprint density at radius 2 is 2.03 bits per heavy atom. The molecular weight excluding hydrogens is 422 g/mol. The number of benzene rings is 1. The van der Waals surface area contributed by atoms with Gasteiger partial charge in [0.05, 0.1) is 6.04 Å². The number of nitrogens with one attached hydrogen (secondary N) is 1. The molecule has 1 aromatic rings. The van der Waals surface area contributed by atoms with Crippen molar-refractivity contribution in [3.8, 4) is 5.75 Å². The molecule has 1 aromatic carbocycles. The fourth-order valence-electron chi connectivity index (χ4n) is 4.41. The van der Waals surface area contributed by atoms with Crippen molar-refractivity contribution in [2.24, 2.45) is 10.7 Å². The minimum Gasteiger partial charge on any atom is -0.484 e. The largest absolute Gasteiger partial charge is 0.484 e. The quantitative estimate of drug-likeness (QED) is 0.488. The Labute approximate surface area is 196 Å². The van der Waals surface area contributed by atoms with Crippen LogP contribution in [-0.2, 0) is 16.1 Å². The van der Waals surface area contributed by atoms with Gasteiger partial charge in [-0.05, 0) is 56.9 Å². The van der Waals surface area contributed by atoms with Gasteiger partial charge in [0.15, 0.2) is 12.6 Å². The second-order valence-corrected chi connectivity index (χ2v) is 9.08. The maximum absolute atomic E-state index is 13.2.